The first-order valence-electron chi connectivity index (χ1n) is 6.74. The van der Waals surface area contributed by atoms with Gasteiger partial charge in [0.2, 0.25) is 5.91 Å². The highest BCUT2D eigenvalue weighted by Crippen LogP contribution is 2.32. The van der Waals surface area contributed by atoms with Gasteiger partial charge in [-0.1, -0.05) is 54.1 Å². The summed E-state index contributed by atoms with van der Waals surface area (Å²) in [6.45, 7) is 0.279. The van der Waals surface area contributed by atoms with E-state index in [-0.39, 0.29) is 12.5 Å². The highest BCUT2D eigenvalue weighted by molar-refractivity contribution is 6.44. The molecule has 2 rings (SSSR count). The largest absolute Gasteiger partial charge is 0.324 e. The maximum absolute atomic E-state index is 11.9. The summed E-state index contributed by atoms with van der Waals surface area (Å²) < 4.78 is 0. The van der Waals surface area contributed by atoms with Crippen LogP contribution in [0.15, 0.2) is 12.1 Å². The molecule has 0 atom stereocenters. The van der Waals surface area contributed by atoms with Gasteiger partial charge >= 0.3 is 0 Å². The lowest BCUT2D eigenvalue weighted by Gasteiger charge is -2.22. The number of benzene rings is 1. The zero-order valence-electron chi connectivity index (χ0n) is 11.0. The van der Waals surface area contributed by atoms with Gasteiger partial charge in [-0.2, -0.15) is 0 Å². The fraction of sp³-hybridized carbons (Fsp3) is 0.500. The zero-order valence-corrected chi connectivity index (χ0v) is 13.3. The summed E-state index contributed by atoms with van der Waals surface area (Å²) in [5, 5.41) is 7.13. The van der Waals surface area contributed by atoms with E-state index in [1.807, 2.05) is 0 Å². The second-order valence-electron chi connectivity index (χ2n) is 5.01. The third-order valence-electron chi connectivity index (χ3n) is 3.44. The van der Waals surface area contributed by atoms with Crippen LogP contribution in [-0.4, -0.2) is 18.5 Å². The summed E-state index contributed by atoms with van der Waals surface area (Å²) in [6.07, 6.45) is 6.04. The van der Waals surface area contributed by atoms with E-state index in [0.717, 1.165) is 12.8 Å². The van der Waals surface area contributed by atoms with E-state index in [1.54, 1.807) is 6.07 Å². The molecule has 0 aromatic heterocycles. The van der Waals surface area contributed by atoms with Crippen molar-refractivity contribution in [3.63, 3.8) is 0 Å². The molecule has 0 bridgehead atoms. The number of rotatable bonds is 4. The number of halogens is 3. The van der Waals surface area contributed by atoms with E-state index in [0.29, 0.717) is 26.8 Å². The van der Waals surface area contributed by atoms with Crippen LogP contribution < -0.4 is 10.6 Å². The summed E-state index contributed by atoms with van der Waals surface area (Å²) in [6, 6.07) is 3.53. The molecule has 6 heteroatoms. The predicted octanol–water partition coefficient (Wildman–Crippen LogP) is 4.51. The Bertz CT molecular complexity index is 488. The van der Waals surface area contributed by atoms with Crippen LogP contribution in [0.3, 0.4) is 0 Å². The van der Waals surface area contributed by atoms with E-state index in [1.165, 1.54) is 25.3 Å². The lowest BCUT2D eigenvalue weighted by atomic mass is 9.95. The Labute approximate surface area is 134 Å². The van der Waals surface area contributed by atoms with E-state index in [9.17, 15) is 4.79 Å². The van der Waals surface area contributed by atoms with Gasteiger partial charge in [0.1, 0.15) is 0 Å². The SMILES string of the molecule is O=C(CNC1CCCCC1)Nc1cc(Cl)c(Cl)cc1Cl. The van der Waals surface area contributed by atoms with Gasteiger partial charge in [-0.05, 0) is 25.0 Å². The first kappa shape index (κ1) is 15.9. The van der Waals surface area contributed by atoms with Crippen molar-refractivity contribution in [1.29, 1.82) is 0 Å². The molecule has 1 aromatic carbocycles. The molecule has 1 aliphatic rings. The smallest absolute Gasteiger partial charge is 0.238 e. The number of hydrogen-bond donors (Lipinski definition) is 2. The lowest BCUT2D eigenvalue weighted by molar-refractivity contribution is -0.115. The average molecular weight is 336 g/mol. The molecule has 3 nitrogen and oxygen atoms in total. The summed E-state index contributed by atoms with van der Waals surface area (Å²) in [4.78, 5) is 11.9. The first-order chi connectivity index (χ1) is 9.56. The maximum Gasteiger partial charge on any atom is 0.238 e. The number of anilines is 1. The van der Waals surface area contributed by atoms with Crippen molar-refractivity contribution in [3.8, 4) is 0 Å². The van der Waals surface area contributed by atoms with Crippen LogP contribution in [-0.2, 0) is 4.79 Å². The Morgan fingerprint density at radius 3 is 2.40 bits per heavy atom. The van der Waals surface area contributed by atoms with Gasteiger partial charge in [0.25, 0.3) is 0 Å². The average Bonchev–Trinajstić information content (AvgIpc) is 2.44. The van der Waals surface area contributed by atoms with Crippen molar-refractivity contribution in [1.82, 2.24) is 5.32 Å². The van der Waals surface area contributed by atoms with Crippen LogP contribution in [0.4, 0.5) is 5.69 Å². The summed E-state index contributed by atoms with van der Waals surface area (Å²) in [5.41, 5.74) is 0.483. The Morgan fingerprint density at radius 2 is 1.70 bits per heavy atom. The van der Waals surface area contributed by atoms with Crippen LogP contribution in [0.2, 0.25) is 15.1 Å². The van der Waals surface area contributed by atoms with Crippen LogP contribution in [0, 0.1) is 0 Å². The molecule has 1 saturated carbocycles. The Balaban J connectivity index is 1.86. The molecule has 0 aliphatic heterocycles. The van der Waals surface area contributed by atoms with Crippen molar-refractivity contribution in [2.45, 2.75) is 38.1 Å². The van der Waals surface area contributed by atoms with Crippen molar-refractivity contribution in [3.05, 3.63) is 27.2 Å². The molecule has 1 aromatic rings. The molecule has 0 saturated heterocycles. The van der Waals surface area contributed by atoms with Crippen LogP contribution in [0.1, 0.15) is 32.1 Å². The molecule has 0 radical (unpaired) electrons. The quantitative estimate of drug-likeness (QED) is 0.795. The fourth-order valence-corrected chi connectivity index (χ4v) is 2.95. The van der Waals surface area contributed by atoms with Gasteiger partial charge < -0.3 is 10.6 Å². The molecule has 110 valence electrons. The standard InChI is InChI=1S/C14H17Cl3N2O/c15-10-6-12(17)13(7-11(10)16)19-14(20)8-18-9-4-2-1-3-5-9/h6-7,9,18H,1-5,8H2,(H,19,20). The zero-order chi connectivity index (χ0) is 14.5. The van der Waals surface area contributed by atoms with Crippen molar-refractivity contribution >= 4 is 46.4 Å². The van der Waals surface area contributed by atoms with Crippen molar-refractivity contribution < 1.29 is 4.79 Å². The number of hydrogen-bond acceptors (Lipinski definition) is 2. The van der Waals surface area contributed by atoms with Crippen LogP contribution in [0.5, 0.6) is 0 Å². The summed E-state index contributed by atoms with van der Waals surface area (Å²) in [5.74, 6) is -0.129. The normalized spacial score (nSPS) is 16.1. The van der Waals surface area contributed by atoms with Gasteiger partial charge in [0.05, 0.1) is 27.3 Å². The highest BCUT2D eigenvalue weighted by atomic mass is 35.5. The van der Waals surface area contributed by atoms with Gasteiger partial charge in [0.15, 0.2) is 0 Å². The number of amides is 1. The van der Waals surface area contributed by atoms with Crippen LogP contribution in [0.25, 0.3) is 0 Å². The van der Waals surface area contributed by atoms with Crippen LogP contribution >= 0.6 is 34.8 Å². The van der Waals surface area contributed by atoms with Gasteiger partial charge in [-0.3, -0.25) is 4.79 Å². The van der Waals surface area contributed by atoms with E-state index in [4.69, 9.17) is 34.8 Å². The second kappa shape index (κ2) is 7.51. The number of carbonyl (C=O) groups excluding carboxylic acids is 1. The maximum atomic E-state index is 11.9. The number of carbonyl (C=O) groups is 1. The van der Waals surface area contributed by atoms with E-state index < -0.39 is 0 Å². The Hall–Kier alpha value is -0.480. The molecule has 0 spiro atoms. The topological polar surface area (TPSA) is 41.1 Å². The molecule has 2 N–H and O–H groups in total. The summed E-state index contributed by atoms with van der Waals surface area (Å²) in [7, 11) is 0. The van der Waals surface area contributed by atoms with E-state index in [2.05, 4.69) is 10.6 Å². The van der Waals surface area contributed by atoms with Gasteiger partial charge in [0, 0.05) is 6.04 Å². The molecule has 0 unspecified atom stereocenters. The first-order valence-corrected chi connectivity index (χ1v) is 7.87. The molecular weight excluding hydrogens is 319 g/mol. The Kier molecular flexibility index (Phi) is 5.97. The monoisotopic (exact) mass is 334 g/mol. The van der Waals surface area contributed by atoms with Crippen molar-refractivity contribution in [2.24, 2.45) is 0 Å². The molecular formula is C14H17Cl3N2O. The summed E-state index contributed by atoms with van der Waals surface area (Å²) >= 11 is 17.8. The Morgan fingerprint density at radius 1 is 1.05 bits per heavy atom. The highest BCUT2D eigenvalue weighted by Gasteiger charge is 2.14. The van der Waals surface area contributed by atoms with Crippen molar-refractivity contribution in [2.75, 3.05) is 11.9 Å². The molecule has 1 aliphatic carbocycles. The minimum absolute atomic E-state index is 0.129. The minimum Gasteiger partial charge on any atom is -0.324 e. The number of nitrogens with one attached hydrogen (secondary N) is 2. The lowest BCUT2D eigenvalue weighted by Crippen LogP contribution is -2.37. The minimum atomic E-state index is -0.129. The fourth-order valence-electron chi connectivity index (χ4n) is 2.36. The second-order valence-corrected chi connectivity index (χ2v) is 6.23. The predicted molar refractivity (Wildman–Crippen MR) is 85.0 cm³/mol. The molecule has 1 amide bonds. The molecule has 0 heterocycles. The third-order valence-corrected chi connectivity index (χ3v) is 4.48. The van der Waals surface area contributed by atoms with Gasteiger partial charge in [-0.25, -0.2) is 0 Å². The third kappa shape index (κ3) is 4.52. The molecule has 1 fully saturated rings. The molecule has 20 heavy (non-hydrogen) atoms. The van der Waals surface area contributed by atoms with E-state index >= 15 is 0 Å². The van der Waals surface area contributed by atoms with Gasteiger partial charge in [-0.15, -0.1) is 0 Å².